The number of rotatable bonds is 9. The number of nitrogens with zero attached hydrogens (tertiary/aromatic N) is 4. The zero-order chi connectivity index (χ0) is 15.6. The monoisotopic (exact) mass is 313 g/mol. The van der Waals surface area contributed by atoms with Gasteiger partial charge in [0, 0.05) is 26.2 Å². The summed E-state index contributed by atoms with van der Waals surface area (Å²) in [5.74, 6) is 0.933. The normalized spacial score (nSPS) is 14.9. The molecule has 1 aliphatic rings. The molecule has 0 radical (unpaired) electrons. The molecule has 0 spiro atoms. The average Bonchev–Trinajstić information content (AvgIpc) is 2.57. The smallest absolute Gasteiger partial charge is 0.323 e. The molecule has 124 valence electrons. The highest BCUT2D eigenvalue weighted by molar-refractivity contribution is 5.38. The van der Waals surface area contributed by atoms with E-state index in [4.69, 9.17) is 19.3 Å². The minimum Gasteiger partial charge on any atom is -0.461 e. The molecule has 2 heterocycles. The third-order valence-electron chi connectivity index (χ3n) is 2.95. The lowest BCUT2D eigenvalue weighted by Crippen LogP contribution is -2.37. The first-order chi connectivity index (χ1) is 10.8. The van der Waals surface area contributed by atoms with Gasteiger partial charge in [0.1, 0.15) is 6.61 Å². The van der Waals surface area contributed by atoms with Crippen LogP contribution in [0.3, 0.4) is 0 Å². The summed E-state index contributed by atoms with van der Waals surface area (Å²) in [6.45, 7) is 6.53. The van der Waals surface area contributed by atoms with E-state index in [1.54, 1.807) is 0 Å². The highest BCUT2D eigenvalue weighted by Gasteiger charge is 2.17. The van der Waals surface area contributed by atoms with Crippen LogP contribution in [0.2, 0.25) is 0 Å². The average molecular weight is 313 g/mol. The molecule has 0 aromatic carbocycles. The highest BCUT2D eigenvalue weighted by atomic mass is 16.5. The SMILES string of the molecule is CCOCCOc1nc(NCCO)nc(N2CCOCC2)n1. The first kappa shape index (κ1) is 16.7. The number of ether oxygens (including phenoxy) is 3. The number of morpholine rings is 1. The Morgan fingerprint density at radius 2 is 2.05 bits per heavy atom. The molecule has 0 unspecified atom stereocenters. The van der Waals surface area contributed by atoms with E-state index in [-0.39, 0.29) is 12.6 Å². The maximum atomic E-state index is 8.91. The number of anilines is 2. The van der Waals surface area contributed by atoms with Gasteiger partial charge in [-0.25, -0.2) is 0 Å². The quantitative estimate of drug-likeness (QED) is 0.586. The van der Waals surface area contributed by atoms with Crippen LogP contribution in [-0.2, 0) is 9.47 Å². The molecular formula is C13H23N5O4. The van der Waals surface area contributed by atoms with Crippen LogP contribution in [0.15, 0.2) is 0 Å². The zero-order valence-electron chi connectivity index (χ0n) is 12.8. The predicted molar refractivity (Wildman–Crippen MR) is 80.4 cm³/mol. The fourth-order valence-corrected chi connectivity index (χ4v) is 1.90. The van der Waals surface area contributed by atoms with E-state index in [0.717, 1.165) is 13.1 Å². The lowest BCUT2D eigenvalue weighted by molar-refractivity contribution is 0.106. The lowest BCUT2D eigenvalue weighted by atomic mass is 10.4. The molecule has 0 atom stereocenters. The molecule has 1 saturated heterocycles. The first-order valence-electron chi connectivity index (χ1n) is 7.47. The molecule has 9 nitrogen and oxygen atoms in total. The Morgan fingerprint density at radius 3 is 2.77 bits per heavy atom. The molecule has 1 fully saturated rings. The van der Waals surface area contributed by atoms with Gasteiger partial charge in [-0.1, -0.05) is 0 Å². The summed E-state index contributed by atoms with van der Waals surface area (Å²) in [6, 6.07) is 0.247. The fraction of sp³-hybridized carbons (Fsp3) is 0.769. The lowest BCUT2D eigenvalue weighted by Gasteiger charge is -2.27. The van der Waals surface area contributed by atoms with Crippen molar-refractivity contribution in [2.45, 2.75) is 6.92 Å². The van der Waals surface area contributed by atoms with Crippen LogP contribution in [0.1, 0.15) is 6.92 Å². The van der Waals surface area contributed by atoms with Gasteiger partial charge in [0.25, 0.3) is 0 Å². The highest BCUT2D eigenvalue weighted by Crippen LogP contribution is 2.16. The van der Waals surface area contributed by atoms with Crippen molar-refractivity contribution < 1.29 is 19.3 Å². The standard InChI is InChI=1S/C13H23N5O4/c1-2-20-9-10-22-13-16-11(14-3-6-19)15-12(17-13)18-4-7-21-8-5-18/h19H,2-10H2,1H3,(H,14,15,16,17). The zero-order valence-corrected chi connectivity index (χ0v) is 12.8. The maximum Gasteiger partial charge on any atom is 0.323 e. The van der Waals surface area contributed by atoms with Gasteiger partial charge in [-0.2, -0.15) is 15.0 Å². The van der Waals surface area contributed by atoms with Crippen LogP contribution >= 0.6 is 0 Å². The predicted octanol–water partition coefficient (Wildman–Crippen LogP) is -0.472. The van der Waals surface area contributed by atoms with E-state index in [1.165, 1.54) is 0 Å². The molecule has 0 amide bonds. The molecule has 2 rings (SSSR count). The van der Waals surface area contributed by atoms with Gasteiger partial charge in [0.15, 0.2) is 0 Å². The third-order valence-corrected chi connectivity index (χ3v) is 2.95. The van der Waals surface area contributed by atoms with Crippen molar-refractivity contribution in [3.63, 3.8) is 0 Å². The topological polar surface area (TPSA) is 102 Å². The number of aliphatic hydroxyl groups is 1. The summed E-state index contributed by atoms with van der Waals surface area (Å²) in [4.78, 5) is 14.9. The van der Waals surface area contributed by atoms with E-state index in [9.17, 15) is 0 Å². The summed E-state index contributed by atoms with van der Waals surface area (Å²) in [7, 11) is 0. The number of nitrogens with one attached hydrogen (secondary N) is 1. The van der Waals surface area contributed by atoms with Crippen LogP contribution in [0.25, 0.3) is 0 Å². The number of hydrogen-bond acceptors (Lipinski definition) is 9. The van der Waals surface area contributed by atoms with Crippen LogP contribution in [0, 0.1) is 0 Å². The summed E-state index contributed by atoms with van der Waals surface area (Å²) in [6.07, 6.45) is 0. The second kappa shape index (κ2) is 9.34. The third kappa shape index (κ3) is 5.24. The van der Waals surface area contributed by atoms with E-state index in [2.05, 4.69) is 20.3 Å². The van der Waals surface area contributed by atoms with Gasteiger partial charge in [-0.05, 0) is 6.92 Å². The van der Waals surface area contributed by atoms with E-state index in [1.807, 2.05) is 11.8 Å². The molecule has 1 aromatic rings. The van der Waals surface area contributed by atoms with Crippen molar-refractivity contribution in [2.75, 3.05) is 69.5 Å². The van der Waals surface area contributed by atoms with E-state index >= 15 is 0 Å². The maximum absolute atomic E-state index is 8.91. The van der Waals surface area contributed by atoms with Gasteiger partial charge < -0.3 is 29.5 Å². The summed E-state index contributed by atoms with van der Waals surface area (Å²) >= 11 is 0. The molecule has 22 heavy (non-hydrogen) atoms. The van der Waals surface area contributed by atoms with Gasteiger partial charge in [-0.15, -0.1) is 0 Å². The molecule has 0 bridgehead atoms. The summed E-state index contributed by atoms with van der Waals surface area (Å²) in [5, 5.41) is 11.8. The molecule has 0 aliphatic carbocycles. The Morgan fingerprint density at radius 1 is 1.23 bits per heavy atom. The number of hydrogen-bond donors (Lipinski definition) is 2. The Bertz CT molecular complexity index is 442. The Labute approximate surface area is 129 Å². The van der Waals surface area contributed by atoms with Crippen molar-refractivity contribution >= 4 is 11.9 Å². The summed E-state index contributed by atoms with van der Waals surface area (Å²) in [5.41, 5.74) is 0. The fourth-order valence-electron chi connectivity index (χ4n) is 1.90. The molecule has 9 heteroatoms. The van der Waals surface area contributed by atoms with Gasteiger partial charge in [0.05, 0.1) is 26.4 Å². The molecule has 2 N–H and O–H groups in total. The van der Waals surface area contributed by atoms with Crippen molar-refractivity contribution in [2.24, 2.45) is 0 Å². The van der Waals surface area contributed by atoms with Crippen molar-refractivity contribution in [3.05, 3.63) is 0 Å². The minimum absolute atomic E-state index is 0.000892. The number of aliphatic hydroxyl groups excluding tert-OH is 1. The van der Waals surface area contributed by atoms with Crippen LogP contribution < -0.4 is 15.0 Å². The minimum atomic E-state index is -0.000892. The second-order valence-corrected chi connectivity index (χ2v) is 4.54. The van der Waals surface area contributed by atoms with E-state index < -0.39 is 0 Å². The van der Waals surface area contributed by atoms with Crippen molar-refractivity contribution in [1.82, 2.24) is 15.0 Å². The summed E-state index contributed by atoms with van der Waals surface area (Å²) < 4.78 is 16.1. The largest absolute Gasteiger partial charge is 0.461 e. The Balaban J connectivity index is 2.05. The van der Waals surface area contributed by atoms with E-state index in [0.29, 0.717) is 51.5 Å². The molecular weight excluding hydrogens is 290 g/mol. The van der Waals surface area contributed by atoms with Crippen LogP contribution in [0.5, 0.6) is 6.01 Å². The second-order valence-electron chi connectivity index (χ2n) is 4.54. The Hall–Kier alpha value is -1.71. The molecule has 1 aromatic heterocycles. The Kier molecular flexibility index (Phi) is 7.07. The molecule has 0 saturated carbocycles. The first-order valence-corrected chi connectivity index (χ1v) is 7.47. The molecule has 1 aliphatic heterocycles. The van der Waals surface area contributed by atoms with Crippen LogP contribution in [-0.4, -0.2) is 79.3 Å². The van der Waals surface area contributed by atoms with Crippen molar-refractivity contribution in [3.8, 4) is 6.01 Å². The van der Waals surface area contributed by atoms with Gasteiger partial charge >= 0.3 is 6.01 Å². The van der Waals surface area contributed by atoms with Gasteiger partial charge in [-0.3, -0.25) is 0 Å². The van der Waals surface area contributed by atoms with Crippen molar-refractivity contribution in [1.29, 1.82) is 0 Å². The van der Waals surface area contributed by atoms with Gasteiger partial charge in [0.2, 0.25) is 11.9 Å². The van der Waals surface area contributed by atoms with Crippen LogP contribution in [0.4, 0.5) is 11.9 Å². The number of aromatic nitrogens is 3.